The lowest BCUT2D eigenvalue weighted by Crippen LogP contribution is -2.38. The minimum Gasteiger partial charge on any atom is -0.324 e. The number of hydrogen-bond acceptors (Lipinski definition) is 4. The van der Waals surface area contributed by atoms with Gasteiger partial charge in [0.1, 0.15) is 6.54 Å². The van der Waals surface area contributed by atoms with E-state index in [4.69, 9.17) is 11.6 Å². The van der Waals surface area contributed by atoms with Crippen LogP contribution in [0, 0.1) is 0 Å². The molecule has 4 aromatic carbocycles. The van der Waals surface area contributed by atoms with Crippen molar-refractivity contribution in [2.24, 2.45) is 0 Å². The Morgan fingerprint density at radius 1 is 0.838 bits per heavy atom. The molecule has 1 amide bonds. The van der Waals surface area contributed by atoms with Crippen LogP contribution in [0.4, 0.5) is 11.4 Å². The number of anilines is 2. The number of carbonyl (C=O) groups excluding carboxylic acids is 2. The highest BCUT2D eigenvalue weighted by atomic mass is 35.5. The van der Waals surface area contributed by atoms with Gasteiger partial charge in [0.25, 0.3) is 10.0 Å². The summed E-state index contributed by atoms with van der Waals surface area (Å²) in [6.07, 6.45) is 0.575. The molecule has 37 heavy (non-hydrogen) atoms. The first kappa shape index (κ1) is 26.1. The van der Waals surface area contributed by atoms with Crippen molar-refractivity contribution in [3.8, 4) is 0 Å². The molecule has 6 nitrogen and oxygen atoms in total. The quantitative estimate of drug-likeness (QED) is 0.269. The average Bonchev–Trinajstić information content (AvgIpc) is 2.93. The van der Waals surface area contributed by atoms with Crippen LogP contribution in [0.1, 0.15) is 28.4 Å². The van der Waals surface area contributed by atoms with E-state index < -0.39 is 22.5 Å². The van der Waals surface area contributed by atoms with Gasteiger partial charge in [-0.2, -0.15) is 0 Å². The van der Waals surface area contributed by atoms with E-state index in [0.717, 1.165) is 9.87 Å². The molecule has 4 aromatic rings. The van der Waals surface area contributed by atoms with E-state index in [1.165, 1.54) is 24.3 Å². The van der Waals surface area contributed by atoms with Crippen molar-refractivity contribution in [3.63, 3.8) is 0 Å². The Morgan fingerprint density at radius 2 is 1.46 bits per heavy atom. The maximum atomic E-state index is 13.7. The highest BCUT2D eigenvalue weighted by molar-refractivity contribution is 7.92. The summed E-state index contributed by atoms with van der Waals surface area (Å²) in [5, 5.41) is 3.06. The molecule has 0 unspecified atom stereocenters. The predicted octanol–water partition coefficient (Wildman–Crippen LogP) is 5.97. The zero-order valence-electron chi connectivity index (χ0n) is 20.1. The lowest BCUT2D eigenvalue weighted by atomic mass is 10.0. The molecular formula is C29H25ClN2O4S. The van der Waals surface area contributed by atoms with Gasteiger partial charge in [0.15, 0.2) is 5.78 Å². The number of amides is 1. The van der Waals surface area contributed by atoms with Gasteiger partial charge >= 0.3 is 0 Å². The molecule has 0 bridgehead atoms. The minimum absolute atomic E-state index is 0.0696. The standard InChI is InChI=1S/C29H25ClN2O4S/c1-2-21-11-9-10-16-27(21)32(37(35,36)24-14-7-4-8-15-24)20-28(33)31-26-18-17-23(30)19-25(26)29(34)22-12-5-3-6-13-22/h3-19H,2,20H2,1H3,(H,31,33). The normalized spacial score (nSPS) is 11.1. The highest BCUT2D eigenvalue weighted by Crippen LogP contribution is 2.28. The van der Waals surface area contributed by atoms with Crippen LogP contribution in [0.15, 0.2) is 108 Å². The van der Waals surface area contributed by atoms with Crippen LogP contribution in [0.25, 0.3) is 0 Å². The highest BCUT2D eigenvalue weighted by Gasteiger charge is 2.29. The molecule has 0 fully saturated rings. The molecule has 0 saturated carbocycles. The van der Waals surface area contributed by atoms with Crippen LogP contribution in [-0.2, 0) is 21.2 Å². The number of aryl methyl sites for hydroxylation is 1. The number of nitrogens with one attached hydrogen (secondary N) is 1. The Labute approximate surface area is 221 Å². The van der Waals surface area contributed by atoms with Crippen molar-refractivity contribution in [1.29, 1.82) is 0 Å². The van der Waals surface area contributed by atoms with E-state index in [2.05, 4.69) is 5.32 Å². The smallest absolute Gasteiger partial charge is 0.264 e. The maximum absolute atomic E-state index is 13.7. The lowest BCUT2D eigenvalue weighted by Gasteiger charge is -2.26. The third-order valence-corrected chi connectivity index (χ3v) is 7.80. The molecule has 1 N–H and O–H groups in total. The van der Waals surface area contributed by atoms with Gasteiger partial charge in [-0.25, -0.2) is 8.42 Å². The van der Waals surface area contributed by atoms with Gasteiger partial charge in [0, 0.05) is 16.1 Å². The summed E-state index contributed by atoms with van der Waals surface area (Å²) in [6, 6.07) is 28.2. The number of benzene rings is 4. The predicted molar refractivity (Wildman–Crippen MR) is 147 cm³/mol. The van der Waals surface area contributed by atoms with Crippen molar-refractivity contribution in [1.82, 2.24) is 0 Å². The van der Waals surface area contributed by atoms with Gasteiger partial charge in [0.05, 0.1) is 16.3 Å². The van der Waals surface area contributed by atoms with E-state index in [1.807, 2.05) is 19.1 Å². The summed E-state index contributed by atoms with van der Waals surface area (Å²) in [7, 11) is -4.07. The first-order valence-electron chi connectivity index (χ1n) is 11.7. The second kappa shape index (κ2) is 11.4. The number of halogens is 1. The van der Waals surface area contributed by atoms with Gasteiger partial charge in [-0.3, -0.25) is 13.9 Å². The molecule has 0 radical (unpaired) electrons. The maximum Gasteiger partial charge on any atom is 0.264 e. The zero-order valence-corrected chi connectivity index (χ0v) is 21.7. The van der Waals surface area contributed by atoms with Gasteiger partial charge in [-0.05, 0) is 48.4 Å². The molecule has 0 heterocycles. The zero-order chi connectivity index (χ0) is 26.4. The summed E-state index contributed by atoms with van der Waals surface area (Å²) in [4.78, 5) is 26.5. The Hall–Kier alpha value is -3.94. The average molecular weight is 533 g/mol. The molecule has 0 aliphatic heterocycles. The molecular weight excluding hydrogens is 508 g/mol. The second-order valence-corrected chi connectivity index (χ2v) is 10.5. The third-order valence-electron chi connectivity index (χ3n) is 5.80. The fraction of sp³-hybridized carbons (Fsp3) is 0.103. The monoisotopic (exact) mass is 532 g/mol. The van der Waals surface area contributed by atoms with Crippen molar-refractivity contribution in [3.05, 3.63) is 125 Å². The third kappa shape index (κ3) is 5.90. The Balaban J connectivity index is 1.69. The topological polar surface area (TPSA) is 83.6 Å². The molecule has 0 aliphatic carbocycles. The van der Waals surface area contributed by atoms with E-state index >= 15 is 0 Å². The molecule has 0 saturated heterocycles. The van der Waals surface area contributed by atoms with E-state index in [9.17, 15) is 18.0 Å². The fourth-order valence-electron chi connectivity index (χ4n) is 3.95. The number of rotatable bonds is 9. The molecule has 0 atom stereocenters. The van der Waals surface area contributed by atoms with E-state index in [-0.39, 0.29) is 21.9 Å². The SMILES string of the molecule is CCc1ccccc1N(CC(=O)Nc1ccc(Cl)cc1C(=O)c1ccccc1)S(=O)(=O)c1ccccc1. The van der Waals surface area contributed by atoms with Crippen LogP contribution in [0.2, 0.25) is 5.02 Å². The second-order valence-electron chi connectivity index (χ2n) is 8.24. The van der Waals surface area contributed by atoms with Crippen molar-refractivity contribution >= 4 is 44.7 Å². The molecule has 0 aromatic heterocycles. The summed E-state index contributed by atoms with van der Waals surface area (Å²) in [5.74, 6) is -0.918. The first-order valence-corrected chi connectivity index (χ1v) is 13.5. The van der Waals surface area contributed by atoms with Gasteiger partial charge in [-0.15, -0.1) is 0 Å². The number of sulfonamides is 1. The number of ketones is 1. The van der Waals surface area contributed by atoms with Crippen LogP contribution >= 0.6 is 11.6 Å². The fourth-order valence-corrected chi connectivity index (χ4v) is 5.60. The summed E-state index contributed by atoms with van der Waals surface area (Å²) < 4.78 is 28.4. The molecule has 8 heteroatoms. The Morgan fingerprint density at radius 3 is 2.14 bits per heavy atom. The van der Waals surface area contributed by atoms with E-state index in [1.54, 1.807) is 66.7 Å². The minimum atomic E-state index is -4.07. The number of hydrogen-bond donors (Lipinski definition) is 1. The molecule has 0 aliphatic rings. The van der Waals surface area contributed by atoms with Crippen molar-refractivity contribution in [2.75, 3.05) is 16.2 Å². The summed E-state index contributed by atoms with van der Waals surface area (Å²) in [6.45, 7) is 1.43. The molecule has 0 spiro atoms. The van der Waals surface area contributed by atoms with Crippen LogP contribution < -0.4 is 9.62 Å². The lowest BCUT2D eigenvalue weighted by molar-refractivity contribution is -0.114. The number of para-hydroxylation sites is 1. The van der Waals surface area contributed by atoms with Gasteiger partial charge in [0.2, 0.25) is 5.91 Å². The van der Waals surface area contributed by atoms with Crippen molar-refractivity contribution < 1.29 is 18.0 Å². The van der Waals surface area contributed by atoms with E-state index in [0.29, 0.717) is 22.7 Å². The van der Waals surface area contributed by atoms with Crippen LogP contribution in [0.3, 0.4) is 0 Å². The summed E-state index contributed by atoms with van der Waals surface area (Å²) >= 11 is 6.16. The van der Waals surface area contributed by atoms with Crippen molar-refractivity contribution in [2.45, 2.75) is 18.2 Å². The van der Waals surface area contributed by atoms with Crippen LogP contribution in [0.5, 0.6) is 0 Å². The molecule has 4 rings (SSSR count). The Kier molecular flexibility index (Phi) is 8.06. The van der Waals surface area contributed by atoms with Crippen LogP contribution in [-0.4, -0.2) is 26.7 Å². The number of nitrogens with zero attached hydrogens (tertiary/aromatic N) is 1. The summed E-state index contributed by atoms with van der Waals surface area (Å²) in [5.41, 5.74) is 2.08. The molecule has 188 valence electrons. The number of carbonyl (C=O) groups is 2. The largest absolute Gasteiger partial charge is 0.324 e. The Bertz CT molecular complexity index is 1520. The van der Waals surface area contributed by atoms with Gasteiger partial charge < -0.3 is 5.32 Å². The first-order chi connectivity index (χ1) is 17.8. The van der Waals surface area contributed by atoms with Gasteiger partial charge in [-0.1, -0.05) is 85.3 Å².